The Kier molecular flexibility index (Phi) is 5.91. The van der Waals surface area contributed by atoms with E-state index in [0.29, 0.717) is 23.7 Å². The molecule has 0 unspecified atom stereocenters. The highest BCUT2D eigenvalue weighted by Crippen LogP contribution is 2.34. The van der Waals surface area contributed by atoms with Crippen molar-refractivity contribution in [3.8, 4) is 0 Å². The zero-order valence-corrected chi connectivity index (χ0v) is 14.5. The molecule has 3 nitrogen and oxygen atoms in total. The molecule has 0 N–H and O–H groups in total. The largest absolute Gasteiger partial charge is 0.244 e. The van der Waals surface area contributed by atoms with Crippen LogP contribution in [0.25, 0.3) is 0 Å². The fraction of sp³-hybridized carbons (Fsp3) is 0.500. The van der Waals surface area contributed by atoms with Gasteiger partial charge in [-0.2, -0.15) is 16.1 Å². The van der Waals surface area contributed by atoms with Crippen molar-refractivity contribution in [1.29, 1.82) is 0 Å². The van der Waals surface area contributed by atoms with E-state index in [4.69, 9.17) is 34.8 Å². The Bertz CT molecular complexity index is 585. The summed E-state index contributed by atoms with van der Waals surface area (Å²) >= 11 is 19.7. The van der Waals surface area contributed by atoms with Crippen molar-refractivity contribution in [3.63, 3.8) is 0 Å². The lowest BCUT2D eigenvalue weighted by molar-refractivity contribution is 0.435. The van der Waals surface area contributed by atoms with Gasteiger partial charge in [-0.15, -0.1) is 11.6 Å². The van der Waals surface area contributed by atoms with Gasteiger partial charge in [0.05, 0.1) is 10.9 Å². The maximum atomic E-state index is 12.7. The highest BCUT2D eigenvalue weighted by atomic mass is 35.5. The summed E-state index contributed by atoms with van der Waals surface area (Å²) in [6.07, 6.45) is 0.845. The van der Waals surface area contributed by atoms with Gasteiger partial charge in [0, 0.05) is 29.4 Å². The first-order valence-corrected chi connectivity index (χ1v) is 9.97. The summed E-state index contributed by atoms with van der Waals surface area (Å²) in [4.78, 5) is 0.0890. The predicted octanol–water partition coefficient (Wildman–Crippen LogP) is 3.86. The van der Waals surface area contributed by atoms with Crippen LogP contribution >= 0.6 is 46.6 Å². The molecule has 2 rings (SSSR count). The zero-order valence-electron chi connectivity index (χ0n) is 10.6. The van der Waals surface area contributed by atoms with Crippen LogP contribution in [0.1, 0.15) is 12.0 Å². The van der Waals surface area contributed by atoms with Crippen LogP contribution in [-0.4, -0.2) is 37.3 Å². The first-order chi connectivity index (χ1) is 9.48. The molecule has 1 aliphatic heterocycles. The molecule has 0 bridgehead atoms. The minimum Gasteiger partial charge on any atom is -0.207 e. The lowest BCUT2D eigenvalue weighted by Crippen LogP contribution is -2.33. The number of benzene rings is 1. The van der Waals surface area contributed by atoms with Crippen molar-refractivity contribution in [2.75, 3.05) is 24.6 Å². The van der Waals surface area contributed by atoms with Gasteiger partial charge in [0.2, 0.25) is 10.0 Å². The monoisotopic (exact) mass is 373 g/mol. The Hall–Kier alpha value is 0.350. The van der Waals surface area contributed by atoms with Gasteiger partial charge in [0.15, 0.2) is 0 Å². The van der Waals surface area contributed by atoms with Crippen molar-refractivity contribution in [2.24, 2.45) is 0 Å². The van der Waals surface area contributed by atoms with Crippen LogP contribution in [0, 0.1) is 0 Å². The van der Waals surface area contributed by atoms with Gasteiger partial charge in [0.1, 0.15) is 4.90 Å². The lowest BCUT2D eigenvalue weighted by Gasteiger charge is -2.21. The van der Waals surface area contributed by atoms with E-state index in [1.54, 1.807) is 11.8 Å². The molecule has 0 radical (unpaired) electrons. The quantitative estimate of drug-likeness (QED) is 0.754. The highest BCUT2D eigenvalue weighted by Gasteiger charge is 2.28. The van der Waals surface area contributed by atoms with Crippen molar-refractivity contribution < 1.29 is 8.42 Å². The minimum atomic E-state index is -3.59. The summed E-state index contributed by atoms with van der Waals surface area (Å²) in [5.41, 5.74) is 0.459. The molecule has 0 amide bonds. The summed E-state index contributed by atoms with van der Waals surface area (Å²) < 4.78 is 26.9. The van der Waals surface area contributed by atoms with Gasteiger partial charge >= 0.3 is 0 Å². The van der Waals surface area contributed by atoms with Crippen LogP contribution in [0.15, 0.2) is 17.0 Å². The number of hydrogen-bond donors (Lipinski definition) is 0. The van der Waals surface area contributed by atoms with Gasteiger partial charge in [-0.3, -0.25) is 0 Å². The zero-order chi connectivity index (χ0) is 14.8. The van der Waals surface area contributed by atoms with Crippen molar-refractivity contribution in [2.45, 2.75) is 17.2 Å². The second-order valence-corrected chi connectivity index (χ2v) is 8.53. The molecule has 1 aromatic rings. The standard InChI is InChI=1S/C12H14Cl3NO2S2/c13-8-9-10(14)2-3-11(12(9)15)20(17,18)16-4-1-6-19-7-5-16/h2-3H,1,4-8H2. The fourth-order valence-electron chi connectivity index (χ4n) is 2.00. The molecular weight excluding hydrogens is 361 g/mol. The van der Waals surface area contributed by atoms with Gasteiger partial charge in [-0.25, -0.2) is 8.42 Å². The number of hydrogen-bond acceptors (Lipinski definition) is 3. The molecule has 0 saturated carbocycles. The summed E-state index contributed by atoms with van der Waals surface area (Å²) in [5, 5.41) is 0.514. The number of thioether (sulfide) groups is 1. The van der Waals surface area contributed by atoms with Crippen molar-refractivity contribution >= 4 is 56.6 Å². The van der Waals surface area contributed by atoms with Crippen LogP contribution in [0.2, 0.25) is 10.0 Å². The second kappa shape index (κ2) is 7.07. The predicted molar refractivity (Wildman–Crippen MR) is 86.7 cm³/mol. The van der Waals surface area contributed by atoms with Gasteiger partial charge in [-0.1, -0.05) is 23.2 Å². The number of nitrogens with zero attached hydrogens (tertiary/aromatic N) is 1. The van der Waals surface area contributed by atoms with Crippen molar-refractivity contribution in [3.05, 3.63) is 27.7 Å². The summed E-state index contributed by atoms with van der Waals surface area (Å²) in [5.74, 6) is 1.86. The van der Waals surface area contributed by atoms with E-state index in [1.807, 2.05) is 0 Å². The Labute approximate surface area is 138 Å². The first kappa shape index (κ1) is 16.7. The molecule has 0 aliphatic carbocycles. The SMILES string of the molecule is O=S(=O)(c1ccc(Cl)c(CCl)c1Cl)N1CCCSCC1. The molecule has 1 saturated heterocycles. The minimum absolute atomic E-state index is 0.0802. The average molecular weight is 375 g/mol. The van der Waals surface area contributed by atoms with E-state index in [9.17, 15) is 8.42 Å². The molecule has 0 atom stereocenters. The third kappa shape index (κ3) is 3.39. The topological polar surface area (TPSA) is 37.4 Å². The molecule has 1 heterocycles. The Morgan fingerprint density at radius 2 is 1.95 bits per heavy atom. The molecule has 20 heavy (non-hydrogen) atoms. The summed E-state index contributed by atoms with van der Waals surface area (Å²) in [7, 11) is -3.59. The van der Waals surface area contributed by atoms with Gasteiger partial charge in [-0.05, 0) is 24.3 Å². The highest BCUT2D eigenvalue weighted by molar-refractivity contribution is 7.99. The van der Waals surface area contributed by atoms with E-state index in [1.165, 1.54) is 16.4 Å². The number of rotatable bonds is 3. The smallest absolute Gasteiger partial charge is 0.207 e. The molecule has 112 valence electrons. The van der Waals surface area contributed by atoms with E-state index >= 15 is 0 Å². The van der Waals surface area contributed by atoms with Gasteiger partial charge < -0.3 is 0 Å². The number of sulfonamides is 1. The Morgan fingerprint density at radius 1 is 1.20 bits per heavy atom. The van der Waals surface area contributed by atoms with Crippen LogP contribution in [0.5, 0.6) is 0 Å². The maximum Gasteiger partial charge on any atom is 0.244 e. The first-order valence-electron chi connectivity index (χ1n) is 6.09. The van der Waals surface area contributed by atoms with Crippen LogP contribution < -0.4 is 0 Å². The van der Waals surface area contributed by atoms with Crippen LogP contribution in [0.3, 0.4) is 0 Å². The van der Waals surface area contributed by atoms with Crippen molar-refractivity contribution in [1.82, 2.24) is 4.31 Å². The maximum absolute atomic E-state index is 12.7. The number of alkyl halides is 1. The van der Waals surface area contributed by atoms with Crippen LogP contribution in [-0.2, 0) is 15.9 Å². The normalized spacial score (nSPS) is 17.9. The molecule has 1 aromatic carbocycles. The third-order valence-electron chi connectivity index (χ3n) is 3.08. The molecule has 1 fully saturated rings. The average Bonchev–Trinajstić information content (AvgIpc) is 2.68. The second-order valence-electron chi connectivity index (χ2n) is 4.34. The lowest BCUT2D eigenvalue weighted by atomic mass is 10.2. The van der Waals surface area contributed by atoms with E-state index < -0.39 is 10.0 Å². The van der Waals surface area contributed by atoms with E-state index in [2.05, 4.69) is 0 Å². The summed E-state index contributed by atoms with van der Waals surface area (Å²) in [6, 6.07) is 2.98. The fourth-order valence-corrected chi connectivity index (χ4v) is 5.78. The molecule has 8 heteroatoms. The summed E-state index contributed by atoms with van der Waals surface area (Å²) in [6.45, 7) is 1.02. The molecule has 0 aromatic heterocycles. The number of halogens is 3. The van der Waals surface area contributed by atoms with E-state index in [-0.39, 0.29) is 15.8 Å². The van der Waals surface area contributed by atoms with E-state index in [0.717, 1.165) is 17.9 Å². The Morgan fingerprint density at radius 3 is 2.65 bits per heavy atom. The molecular formula is C12H14Cl3NO2S2. The molecule has 0 spiro atoms. The van der Waals surface area contributed by atoms with Gasteiger partial charge in [0.25, 0.3) is 0 Å². The Balaban J connectivity index is 2.43. The molecule has 1 aliphatic rings. The third-order valence-corrected chi connectivity index (χ3v) is 7.24. The van der Waals surface area contributed by atoms with Crippen LogP contribution in [0.4, 0.5) is 0 Å².